The van der Waals surface area contributed by atoms with Crippen LogP contribution in [-0.4, -0.2) is 68.3 Å². The number of benzene rings is 3. The minimum Gasteiger partial charge on any atom is -0.494 e. The maximum absolute atomic E-state index is 13.3. The predicted octanol–water partition coefficient (Wildman–Crippen LogP) is 5.13. The average Bonchev–Trinajstić information content (AvgIpc) is 3.43. The van der Waals surface area contributed by atoms with Crippen LogP contribution in [0.3, 0.4) is 0 Å². The van der Waals surface area contributed by atoms with Crippen molar-refractivity contribution >= 4 is 54.2 Å². The molecular formula is C28H29ClN4O4S2. The van der Waals surface area contributed by atoms with E-state index in [1.165, 1.54) is 27.8 Å². The summed E-state index contributed by atoms with van der Waals surface area (Å²) in [5, 5.41) is 1.48. The molecule has 0 atom stereocenters. The van der Waals surface area contributed by atoms with Gasteiger partial charge in [-0.2, -0.15) is 4.31 Å². The standard InChI is InChI=1S/C28H29ClN4O4S2/c1-3-33(19-20-7-5-4-6-8-20)39(35,36)22-11-9-21(10-12-22)27(34)31-15-17-32(18-16-31)28-30-25-24(37-2)14-13-23(29)26(25)38-28/h4-14H,3,15-19H2,1-2H3. The summed E-state index contributed by atoms with van der Waals surface area (Å²) in [6.07, 6.45) is 0. The first kappa shape index (κ1) is 27.4. The van der Waals surface area contributed by atoms with E-state index < -0.39 is 10.0 Å². The fourth-order valence-corrected chi connectivity index (χ4v) is 7.34. The summed E-state index contributed by atoms with van der Waals surface area (Å²) in [6, 6.07) is 19.3. The molecule has 4 aromatic rings. The second-order valence-corrected chi connectivity index (χ2v) is 12.5. The molecule has 8 nitrogen and oxygen atoms in total. The lowest BCUT2D eigenvalue weighted by Crippen LogP contribution is -2.48. The van der Waals surface area contributed by atoms with Gasteiger partial charge in [-0.15, -0.1) is 0 Å². The lowest BCUT2D eigenvalue weighted by molar-refractivity contribution is 0.0746. The highest BCUT2D eigenvalue weighted by Crippen LogP contribution is 2.39. The Morgan fingerprint density at radius 3 is 2.36 bits per heavy atom. The molecule has 5 rings (SSSR count). The lowest BCUT2D eigenvalue weighted by Gasteiger charge is -2.34. The summed E-state index contributed by atoms with van der Waals surface area (Å²) in [4.78, 5) is 22.1. The van der Waals surface area contributed by atoms with Crippen LogP contribution < -0.4 is 9.64 Å². The van der Waals surface area contributed by atoms with Crippen molar-refractivity contribution in [3.8, 4) is 5.75 Å². The normalized spacial score (nSPS) is 14.3. The number of hydrogen-bond acceptors (Lipinski definition) is 7. The first-order valence-electron chi connectivity index (χ1n) is 12.6. The molecule has 3 aromatic carbocycles. The number of fused-ring (bicyclic) bond motifs is 1. The second-order valence-electron chi connectivity index (χ2n) is 9.14. The summed E-state index contributed by atoms with van der Waals surface area (Å²) in [5.41, 5.74) is 2.12. The fraction of sp³-hybridized carbons (Fsp3) is 0.286. The summed E-state index contributed by atoms with van der Waals surface area (Å²) < 4.78 is 34.2. The van der Waals surface area contributed by atoms with Crippen LogP contribution in [0, 0.1) is 0 Å². The molecule has 0 N–H and O–H groups in total. The van der Waals surface area contributed by atoms with E-state index in [1.54, 1.807) is 30.2 Å². The number of hydrogen-bond donors (Lipinski definition) is 0. The van der Waals surface area contributed by atoms with Crippen LogP contribution in [-0.2, 0) is 16.6 Å². The third kappa shape index (κ3) is 5.60. The molecule has 1 saturated heterocycles. The Bertz CT molecular complexity index is 1570. The molecule has 0 unspecified atom stereocenters. The Morgan fingerprint density at radius 2 is 1.72 bits per heavy atom. The number of piperazine rings is 1. The van der Waals surface area contributed by atoms with Crippen molar-refractivity contribution in [3.63, 3.8) is 0 Å². The molecule has 0 radical (unpaired) electrons. The summed E-state index contributed by atoms with van der Waals surface area (Å²) in [5.74, 6) is 0.558. The van der Waals surface area contributed by atoms with Crippen LogP contribution in [0.15, 0.2) is 71.6 Å². The number of aromatic nitrogens is 1. The number of ether oxygens (including phenoxy) is 1. The van der Waals surface area contributed by atoms with Crippen molar-refractivity contribution in [3.05, 3.63) is 82.9 Å². The number of carbonyl (C=O) groups excluding carboxylic acids is 1. The van der Waals surface area contributed by atoms with Gasteiger partial charge in [-0.3, -0.25) is 4.79 Å². The topological polar surface area (TPSA) is 83.1 Å². The number of thiazole rings is 1. The number of amides is 1. The minimum absolute atomic E-state index is 0.121. The van der Waals surface area contributed by atoms with Gasteiger partial charge in [0.1, 0.15) is 11.3 Å². The summed E-state index contributed by atoms with van der Waals surface area (Å²) in [7, 11) is -2.09. The molecule has 1 amide bonds. The molecule has 11 heteroatoms. The van der Waals surface area contributed by atoms with E-state index in [9.17, 15) is 13.2 Å². The van der Waals surface area contributed by atoms with Gasteiger partial charge in [0, 0.05) is 44.8 Å². The summed E-state index contributed by atoms with van der Waals surface area (Å²) in [6.45, 7) is 4.76. The van der Waals surface area contributed by atoms with Gasteiger partial charge in [-0.25, -0.2) is 13.4 Å². The van der Waals surface area contributed by atoms with E-state index in [0.29, 0.717) is 49.1 Å². The minimum atomic E-state index is -3.70. The average molecular weight is 585 g/mol. The molecule has 1 fully saturated rings. The van der Waals surface area contributed by atoms with Crippen molar-refractivity contribution in [1.82, 2.24) is 14.2 Å². The molecule has 0 saturated carbocycles. The number of rotatable bonds is 8. The van der Waals surface area contributed by atoms with Crippen LogP contribution in [0.2, 0.25) is 5.02 Å². The highest BCUT2D eigenvalue weighted by molar-refractivity contribution is 7.89. The van der Waals surface area contributed by atoms with Gasteiger partial charge in [-0.1, -0.05) is 60.2 Å². The highest BCUT2D eigenvalue weighted by atomic mass is 35.5. The van der Waals surface area contributed by atoms with Crippen molar-refractivity contribution in [1.29, 1.82) is 0 Å². The van der Waals surface area contributed by atoms with E-state index in [1.807, 2.05) is 43.3 Å². The number of halogens is 1. The van der Waals surface area contributed by atoms with Crippen LogP contribution in [0.1, 0.15) is 22.8 Å². The van der Waals surface area contributed by atoms with Gasteiger partial charge in [0.25, 0.3) is 5.91 Å². The third-order valence-corrected chi connectivity index (χ3v) is 10.3. The molecule has 0 spiro atoms. The second kappa shape index (κ2) is 11.5. The Morgan fingerprint density at radius 1 is 1.03 bits per heavy atom. The molecule has 1 aromatic heterocycles. The predicted molar refractivity (Wildman–Crippen MR) is 155 cm³/mol. The maximum atomic E-state index is 13.3. The van der Waals surface area contributed by atoms with Gasteiger partial charge < -0.3 is 14.5 Å². The lowest BCUT2D eigenvalue weighted by atomic mass is 10.2. The first-order valence-corrected chi connectivity index (χ1v) is 15.3. The van der Waals surface area contributed by atoms with Crippen LogP contribution >= 0.6 is 22.9 Å². The molecule has 204 valence electrons. The Hall–Kier alpha value is -3.18. The Kier molecular flexibility index (Phi) is 8.08. The van der Waals surface area contributed by atoms with E-state index in [4.69, 9.17) is 21.3 Å². The zero-order chi connectivity index (χ0) is 27.6. The number of nitrogens with zero attached hydrogens (tertiary/aromatic N) is 4. The summed E-state index contributed by atoms with van der Waals surface area (Å²) >= 11 is 7.89. The smallest absolute Gasteiger partial charge is 0.253 e. The van der Waals surface area contributed by atoms with Crippen molar-refractivity contribution in [2.45, 2.75) is 18.4 Å². The van der Waals surface area contributed by atoms with Crippen LogP contribution in [0.25, 0.3) is 10.2 Å². The van der Waals surface area contributed by atoms with Crippen LogP contribution in [0.4, 0.5) is 5.13 Å². The van der Waals surface area contributed by atoms with E-state index in [2.05, 4.69) is 4.90 Å². The van der Waals surface area contributed by atoms with Crippen LogP contribution in [0.5, 0.6) is 5.75 Å². The number of carbonyl (C=O) groups is 1. The molecule has 1 aliphatic heterocycles. The van der Waals surface area contributed by atoms with E-state index >= 15 is 0 Å². The highest BCUT2D eigenvalue weighted by Gasteiger charge is 2.27. The molecular weight excluding hydrogens is 556 g/mol. The molecule has 0 aliphatic carbocycles. The zero-order valence-electron chi connectivity index (χ0n) is 21.7. The monoisotopic (exact) mass is 584 g/mol. The van der Waals surface area contributed by atoms with Crippen molar-refractivity contribution < 1.29 is 17.9 Å². The number of anilines is 1. The van der Waals surface area contributed by atoms with Gasteiger partial charge in [0.05, 0.1) is 21.7 Å². The molecule has 2 heterocycles. The molecule has 39 heavy (non-hydrogen) atoms. The number of sulfonamides is 1. The fourth-order valence-electron chi connectivity index (χ4n) is 4.60. The van der Waals surface area contributed by atoms with E-state index in [-0.39, 0.29) is 17.3 Å². The molecule has 0 bridgehead atoms. The third-order valence-electron chi connectivity index (χ3n) is 6.80. The van der Waals surface area contributed by atoms with Gasteiger partial charge in [-0.05, 0) is 42.0 Å². The number of methoxy groups -OCH3 is 1. The van der Waals surface area contributed by atoms with Gasteiger partial charge in [0.2, 0.25) is 10.0 Å². The Labute approximate surface area is 237 Å². The maximum Gasteiger partial charge on any atom is 0.253 e. The first-order chi connectivity index (χ1) is 18.8. The Balaban J connectivity index is 1.24. The zero-order valence-corrected chi connectivity index (χ0v) is 24.1. The molecule has 1 aliphatic rings. The van der Waals surface area contributed by atoms with Gasteiger partial charge >= 0.3 is 0 Å². The quantitative estimate of drug-likeness (QED) is 0.285. The van der Waals surface area contributed by atoms with E-state index in [0.717, 1.165) is 20.9 Å². The van der Waals surface area contributed by atoms with Crippen molar-refractivity contribution in [2.24, 2.45) is 0 Å². The van der Waals surface area contributed by atoms with Crippen molar-refractivity contribution in [2.75, 3.05) is 44.7 Å². The SMILES string of the molecule is CCN(Cc1ccccc1)S(=O)(=O)c1ccc(C(=O)N2CCN(c3nc4c(OC)ccc(Cl)c4s3)CC2)cc1. The largest absolute Gasteiger partial charge is 0.494 e. The van der Waals surface area contributed by atoms with Gasteiger partial charge in [0.15, 0.2) is 5.13 Å².